The third-order valence-electron chi connectivity index (χ3n) is 3.15. The first-order valence-corrected chi connectivity index (χ1v) is 9.15. The van der Waals surface area contributed by atoms with Crippen molar-refractivity contribution in [3.8, 4) is 5.75 Å². The summed E-state index contributed by atoms with van der Waals surface area (Å²) in [4.78, 5) is 12.0. The number of hydrogen-bond donors (Lipinski definition) is 2. The van der Waals surface area contributed by atoms with Gasteiger partial charge >= 0.3 is 13.5 Å². The molecule has 7 heteroatoms. The number of nitrogens with one attached hydrogen (secondary N) is 1. The Morgan fingerprint density at radius 3 is 2.30 bits per heavy atom. The molecule has 3 atom stereocenters. The summed E-state index contributed by atoms with van der Waals surface area (Å²) in [5.41, 5.74) is 0. The van der Waals surface area contributed by atoms with Crippen molar-refractivity contribution in [1.82, 2.24) is 5.09 Å². The van der Waals surface area contributed by atoms with Crippen LogP contribution in [-0.2, 0) is 14.1 Å². The van der Waals surface area contributed by atoms with E-state index in [1.54, 1.807) is 58.9 Å². The Morgan fingerprint density at radius 2 is 1.83 bits per heavy atom. The molecule has 2 unspecified atom stereocenters. The molecule has 23 heavy (non-hydrogen) atoms. The van der Waals surface area contributed by atoms with E-state index in [-0.39, 0.29) is 6.61 Å². The molecule has 0 fully saturated rings. The highest BCUT2D eigenvalue weighted by molar-refractivity contribution is 7.59. The fourth-order valence-electron chi connectivity index (χ4n) is 1.63. The molecule has 6 nitrogen and oxygen atoms in total. The molecule has 0 aliphatic carbocycles. The zero-order valence-corrected chi connectivity index (χ0v) is 15.2. The highest BCUT2D eigenvalue weighted by Crippen LogP contribution is 2.55. The number of ether oxygens (including phenoxy) is 1. The predicted octanol–water partition coefficient (Wildman–Crippen LogP) is 2.96. The lowest BCUT2D eigenvalue weighted by molar-refractivity contribution is -0.151. The minimum Gasteiger partial charge on any atom is -0.459 e. The maximum absolute atomic E-state index is 13.3. The lowest BCUT2D eigenvalue weighted by Gasteiger charge is -2.33. The van der Waals surface area contributed by atoms with Crippen LogP contribution >= 0.6 is 7.52 Å². The van der Waals surface area contributed by atoms with E-state index in [0.29, 0.717) is 5.75 Å². The Labute approximate surface area is 137 Å². The minimum atomic E-state index is -3.40. The molecule has 130 valence electrons. The maximum Gasteiger partial charge on any atom is 0.323 e. The van der Waals surface area contributed by atoms with Crippen LogP contribution in [0.3, 0.4) is 0 Å². The number of hydrogen-bond acceptors (Lipinski definition) is 5. The molecule has 1 rings (SSSR count). The van der Waals surface area contributed by atoms with Gasteiger partial charge < -0.3 is 14.4 Å². The van der Waals surface area contributed by atoms with E-state index in [1.807, 2.05) is 6.07 Å². The van der Waals surface area contributed by atoms with Gasteiger partial charge in [0, 0.05) is 0 Å². The van der Waals surface area contributed by atoms with Gasteiger partial charge in [-0.25, -0.2) is 5.09 Å². The summed E-state index contributed by atoms with van der Waals surface area (Å²) in [6.07, 6.45) is -0.615. The maximum atomic E-state index is 13.3. The number of aliphatic hydroxyl groups is 1. The van der Waals surface area contributed by atoms with Gasteiger partial charge in [-0.3, -0.25) is 9.36 Å². The first kappa shape index (κ1) is 19.7. The minimum absolute atomic E-state index is 0.268. The van der Waals surface area contributed by atoms with Crippen LogP contribution in [0.2, 0.25) is 0 Å². The van der Waals surface area contributed by atoms with Crippen molar-refractivity contribution in [1.29, 1.82) is 0 Å². The van der Waals surface area contributed by atoms with Gasteiger partial charge in [-0.2, -0.15) is 0 Å². The fraction of sp³-hybridized carbons (Fsp3) is 0.562. The van der Waals surface area contributed by atoms with Crippen LogP contribution in [0, 0.1) is 0 Å². The molecular weight excluding hydrogens is 317 g/mol. The Hall–Kier alpha value is -1.36. The molecule has 0 saturated carbocycles. The number of esters is 1. The van der Waals surface area contributed by atoms with Gasteiger partial charge in [-0.05, 0) is 46.8 Å². The van der Waals surface area contributed by atoms with Crippen LogP contribution in [0.1, 0.15) is 34.6 Å². The Balaban J connectivity index is 2.91. The Bertz CT molecular complexity index is 555. The van der Waals surface area contributed by atoms with Crippen molar-refractivity contribution in [2.45, 2.75) is 51.9 Å². The second-order valence-corrected chi connectivity index (χ2v) is 9.29. The van der Waals surface area contributed by atoms with Crippen molar-refractivity contribution in [3.63, 3.8) is 0 Å². The summed E-state index contributed by atoms with van der Waals surface area (Å²) < 4.78 is 24.0. The number of aliphatic hydroxyl groups excluding tert-OH is 1. The van der Waals surface area contributed by atoms with Crippen LogP contribution in [-0.4, -0.2) is 35.0 Å². The summed E-state index contributed by atoms with van der Waals surface area (Å²) in [6, 6.07) is 7.97. The number of benzene rings is 1. The Kier molecular flexibility index (Phi) is 6.81. The SMILES string of the molecule is CC(CO)OC(=O)[C@H](C)NP(=O)(Oc1ccccc1)C(C)(C)C. The molecule has 0 heterocycles. The molecule has 2 N–H and O–H groups in total. The van der Waals surface area contributed by atoms with E-state index in [0.717, 1.165) is 0 Å². The summed E-state index contributed by atoms with van der Waals surface area (Å²) in [7, 11) is -3.40. The van der Waals surface area contributed by atoms with Crippen LogP contribution < -0.4 is 9.61 Å². The van der Waals surface area contributed by atoms with Gasteiger partial charge in [0.2, 0.25) is 0 Å². The van der Waals surface area contributed by atoms with Crippen molar-refractivity contribution >= 4 is 13.5 Å². The fourth-order valence-corrected chi connectivity index (χ4v) is 3.38. The molecular formula is C16H26NO5P. The number of carbonyl (C=O) groups excluding carboxylic acids is 1. The zero-order valence-electron chi connectivity index (χ0n) is 14.3. The molecule has 0 aliphatic heterocycles. The van der Waals surface area contributed by atoms with E-state index in [9.17, 15) is 9.36 Å². The van der Waals surface area contributed by atoms with E-state index < -0.39 is 30.8 Å². The molecule has 1 aromatic rings. The van der Waals surface area contributed by atoms with Crippen molar-refractivity contribution < 1.29 is 23.7 Å². The van der Waals surface area contributed by atoms with E-state index in [4.69, 9.17) is 14.4 Å². The second-order valence-electron chi connectivity index (χ2n) is 6.41. The van der Waals surface area contributed by atoms with Crippen LogP contribution in [0.15, 0.2) is 30.3 Å². The summed E-state index contributed by atoms with van der Waals surface area (Å²) in [6.45, 7) is 8.19. The van der Waals surface area contributed by atoms with E-state index in [2.05, 4.69) is 5.09 Å². The average molecular weight is 343 g/mol. The Morgan fingerprint density at radius 1 is 1.26 bits per heavy atom. The first-order valence-electron chi connectivity index (χ1n) is 7.53. The molecule has 0 spiro atoms. The van der Waals surface area contributed by atoms with Gasteiger partial charge in [-0.1, -0.05) is 18.2 Å². The lowest BCUT2D eigenvalue weighted by Crippen LogP contribution is -2.40. The molecule has 1 aromatic carbocycles. The molecule has 0 aliphatic rings. The monoisotopic (exact) mass is 343 g/mol. The molecule has 0 aromatic heterocycles. The lowest BCUT2D eigenvalue weighted by atomic mass is 10.3. The van der Waals surface area contributed by atoms with Gasteiger partial charge in [0.1, 0.15) is 17.9 Å². The number of carbonyl (C=O) groups is 1. The summed E-state index contributed by atoms with van der Waals surface area (Å²) >= 11 is 0. The molecule has 0 amide bonds. The van der Waals surface area contributed by atoms with Gasteiger partial charge in [0.25, 0.3) is 0 Å². The molecule has 0 radical (unpaired) electrons. The van der Waals surface area contributed by atoms with Crippen LogP contribution in [0.25, 0.3) is 0 Å². The largest absolute Gasteiger partial charge is 0.459 e. The average Bonchev–Trinajstić information content (AvgIpc) is 2.46. The van der Waals surface area contributed by atoms with Gasteiger partial charge in [0.05, 0.1) is 11.8 Å². The number of para-hydroxylation sites is 1. The topological polar surface area (TPSA) is 84.9 Å². The highest BCUT2D eigenvalue weighted by Gasteiger charge is 2.42. The van der Waals surface area contributed by atoms with Crippen molar-refractivity contribution in [3.05, 3.63) is 30.3 Å². The normalized spacial score (nSPS) is 17.0. The standard InChI is InChI=1S/C16H26NO5P/c1-12(11-18)21-15(19)13(2)17-23(20,16(3,4)5)22-14-9-7-6-8-10-14/h6-10,12-13,18H,11H2,1-5H3,(H,17,20)/t12?,13-,23?/m0/s1. The van der Waals surface area contributed by atoms with E-state index >= 15 is 0 Å². The van der Waals surface area contributed by atoms with Crippen molar-refractivity contribution in [2.24, 2.45) is 0 Å². The predicted molar refractivity (Wildman–Crippen MR) is 89.7 cm³/mol. The zero-order chi connectivity index (χ0) is 17.7. The quantitative estimate of drug-likeness (QED) is 0.585. The third-order valence-corrected chi connectivity index (χ3v) is 6.11. The molecule has 0 saturated heterocycles. The van der Waals surface area contributed by atoms with E-state index in [1.165, 1.54) is 0 Å². The highest BCUT2D eigenvalue weighted by atomic mass is 31.2. The number of rotatable bonds is 7. The first-order chi connectivity index (χ1) is 10.6. The third kappa shape index (κ3) is 5.65. The van der Waals surface area contributed by atoms with Crippen LogP contribution in [0.5, 0.6) is 5.75 Å². The van der Waals surface area contributed by atoms with Crippen LogP contribution in [0.4, 0.5) is 0 Å². The summed E-state index contributed by atoms with van der Waals surface area (Å²) in [5, 5.41) is 11.0. The summed E-state index contributed by atoms with van der Waals surface area (Å²) in [5.74, 6) is -0.129. The molecule has 0 bridgehead atoms. The smallest absolute Gasteiger partial charge is 0.323 e. The van der Waals surface area contributed by atoms with Gasteiger partial charge in [0.15, 0.2) is 0 Å². The van der Waals surface area contributed by atoms with Crippen molar-refractivity contribution in [2.75, 3.05) is 6.61 Å². The van der Waals surface area contributed by atoms with Gasteiger partial charge in [-0.15, -0.1) is 0 Å². The second kappa shape index (κ2) is 7.95.